The molecule has 76 valence electrons. The smallest absolute Gasteiger partial charge is 0.0731 e. The zero-order valence-electron chi connectivity index (χ0n) is 8.32. The summed E-state index contributed by atoms with van der Waals surface area (Å²) >= 11 is 2.31. The highest BCUT2D eigenvalue weighted by Crippen LogP contribution is 2.03. The molecule has 1 rings (SSSR count). The van der Waals surface area contributed by atoms with Crippen molar-refractivity contribution in [2.45, 2.75) is 13.0 Å². The van der Waals surface area contributed by atoms with E-state index >= 15 is 0 Å². The lowest BCUT2D eigenvalue weighted by Gasteiger charge is -2.06. The standard InChI is InChI=1S/C12H15IO/c1-11(14-10-9-13)7-8-12-5-3-2-4-6-12/h2-8,11H,9-10H2,1H3/b8-7+. The number of rotatable bonds is 5. The molecular weight excluding hydrogens is 287 g/mol. The van der Waals surface area contributed by atoms with Gasteiger partial charge in [-0.05, 0) is 12.5 Å². The van der Waals surface area contributed by atoms with Crippen LogP contribution in [0.1, 0.15) is 12.5 Å². The van der Waals surface area contributed by atoms with Gasteiger partial charge in [0, 0.05) is 4.43 Å². The molecule has 0 aliphatic heterocycles. The van der Waals surface area contributed by atoms with Gasteiger partial charge in [-0.3, -0.25) is 0 Å². The second kappa shape index (κ2) is 7.01. The van der Waals surface area contributed by atoms with Crippen LogP contribution in [-0.2, 0) is 4.74 Å². The van der Waals surface area contributed by atoms with Crippen LogP contribution in [0.4, 0.5) is 0 Å². The van der Waals surface area contributed by atoms with Gasteiger partial charge in [-0.2, -0.15) is 0 Å². The summed E-state index contributed by atoms with van der Waals surface area (Å²) in [5.41, 5.74) is 1.22. The predicted molar refractivity (Wildman–Crippen MR) is 69.8 cm³/mol. The van der Waals surface area contributed by atoms with Crippen LogP contribution in [-0.4, -0.2) is 17.1 Å². The normalized spacial score (nSPS) is 13.3. The van der Waals surface area contributed by atoms with E-state index in [1.54, 1.807) is 0 Å². The molecule has 0 N–H and O–H groups in total. The molecule has 0 heterocycles. The summed E-state index contributed by atoms with van der Waals surface area (Å²) in [6.07, 6.45) is 4.38. The molecule has 0 fully saturated rings. The van der Waals surface area contributed by atoms with Crippen molar-refractivity contribution in [2.75, 3.05) is 11.0 Å². The monoisotopic (exact) mass is 302 g/mol. The fraction of sp³-hybridized carbons (Fsp3) is 0.333. The molecule has 14 heavy (non-hydrogen) atoms. The lowest BCUT2D eigenvalue weighted by Crippen LogP contribution is -2.05. The van der Waals surface area contributed by atoms with Crippen LogP contribution in [0.3, 0.4) is 0 Å². The van der Waals surface area contributed by atoms with Crippen molar-refractivity contribution < 1.29 is 4.74 Å². The quantitative estimate of drug-likeness (QED) is 0.597. The Bertz CT molecular complexity index is 269. The highest BCUT2D eigenvalue weighted by atomic mass is 127. The lowest BCUT2D eigenvalue weighted by molar-refractivity contribution is 0.114. The zero-order chi connectivity index (χ0) is 10.2. The van der Waals surface area contributed by atoms with Crippen LogP contribution in [0.2, 0.25) is 0 Å². The summed E-state index contributed by atoms with van der Waals surface area (Å²) in [6.45, 7) is 2.88. The van der Waals surface area contributed by atoms with Gasteiger partial charge in [0.05, 0.1) is 12.7 Å². The minimum absolute atomic E-state index is 0.199. The zero-order valence-corrected chi connectivity index (χ0v) is 10.5. The second-order valence-corrected chi connectivity index (χ2v) is 4.11. The highest BCUT2D eigenvalue weighted by Gasteiger charge is 1.94. The Morgan fingerprint density at radius 3 is 2.71 bits per heavy atom. The summed E-state index contributed by atoms with van der Waals surface area (Å²) in [6, 6.07) is 10.3. The Morgan fingerprint density at radius 2 is 2.07 bits per heavy atom. The summed E-state index contributed by atoms with van der Waals surface area (Å²) in [4.78, 5) is 0. The third-order valence-corrected chi connectivity index (χ3v) is 2.26. The summed E-state index contributed by atoms with van der Waals surface area (Å²) in [7, 11) is 0. The number of hydrogen-bond donors (Lipinski definition) is 0. The average Bonchev–Trinajstić information content (AvgIpc) is 2.25. The van der Waals surface area contributed by atoms with Crippen LogP contribution >= 0.6 is 22.6 Å². The molecule has 1 aromatic rings. The molecule has 1 unspecified atom stereocenters. The predicted octanol–water partition coefficient (Wildman–Crippen LogP) is 3.54. The summed E-state index contributed by atoms with van der Waals surface area (Å²) in [5.74, 6) is 0. The van der Waals surface area contributed by atoms with Crippen molar-refractivity contribution >= 4 is 28.7 Å². The van der Waals surface area contributed by atoms with Crippen LogP contribution in [0, 0.1) is 0 Å². The van der Waals surface area contributed by atoms with E-state index in [-0.39, 0.29) is 6.10 Å². The first-order valence-electron chi connectivity index (χ1n) is 4.74. The van der Waals surface area contributed by atoms with Crippen molar-refractivity contribution in [2.24, 2.45) is 0 Å². The molecule has 1 atom stereocenters. The van der Waals surface area contributed by atoms with Crippen molar-refractivity contribution in [1.82, 2.24) is 0 Å². The van der Waals surface area contributed by atoms with E-state index < -0.39 is 0 Å². The molecule has 0 aliphatic rings. The van der Waals surface area contributed by atoms with E-state index in [9.17, 15) is 0 Å². The molecule has 0 amide bonds. The van der Waals surface area contributed by atoms with E-state index in [4.69, 9.17) is 4.74 Å². The summed E-state index contributed by atoms with van der Waals surface area (Å²) < 4.78 is 6.56. The minimum atomic E-state index is 0.199. The molecule has 0 bridgehead atoms. The number of halogens is 1. The van der Waals surface area contributed by atoms with Crippen LogP contribution in [0.5, 0.6) is 0 Å². The number of alkyl halides is 1. The Morgan fingerprint density at radius 1 is 1.36 bits per heavy atom. The second-order valence-electron chi connectivity index (χ2n) is 3.03. The largest absolute Gasteiger partial charge is 0.374 e. The van der Waals surface area contributed by atoms with Gasteiger partial charge in [0.15, 0.2) is 0 Å². The molecule has 1 nitrogen and oxygen atoms in total. The molecule has 1 aromatic carbocycles. The number of ether oxygens (including phenoxy) is 1. The number of hydrogen-bond acceptors (Lipinski definition) is 1. The van der Waals surface area contributed by atoms with Crippen molar-refractivity contribution in [3.63, 3.8) is 0 Å². The molecule has 2 heteroatoms. The van der Waals surface area contributed by atoms with Crippen LogP contribution in [0.25, 0.3) is 6.08 Å². The Labute approximate surface area is 99.3 Å². The van der Waals surface area contributed by atoms with Gasteiger partial charge in [-0.1, -0.05) is 65.1 Å². The molecule has 0 saturated heterocycles. The van der Waals surface area contributed by atoms with Gasteiger partial charge in [-0.25, -0.2) is 0 Å². The third kappa shape index (κ3) is 4.77. The fourth-order valence-corrected chi connectivity index (χ4v) is 1.35. The molecule has 0 spiro atoms. The van der Waals surface area contributed by atoms with Gasteiger partial charge in [0.1, 0.15) is 0 Å². The molecule has 0 radical (unpaired) electrons. The van der Waals surface area contributed by atoms with E-state index in [0.717, 1.165) is 11.0 Å². The molecule has 0 aliphatic carbocycles. The van der Waals surface area contributed by atoms with E-state index in [1.165, 1.54) is 5.56 Å². The Kier molecular flexibility index (Phi) is 5.87. The van der Waals surface area contributed by atoms with Gasteiger partial charge in [0.25, 0.3) is 0 Å². The minimum Gasteiger partial charge on any atom is -0.374 e. The third-order valence-electron chi connectivity index (χ3n) is 1.82. The van der Waals surface area contributed by atoms with E-state index in [1.807, 2.05) is 18.2 Å². The van der Waals surface area contributed by atoms with E-state index in [2.05, 4.69) is 53.8 Å². The maximum absolute atomic E-state index is 5.52. The Balaban J connectivity index is 2.39. The Hall–Kier alpha value is -0.350. The van der Waals surface area contributed by atoms with E-state index in [0.29, 0.717) is 0 Å². The molecule has 0 aromatic heterocycles. The first-order chi connectivity index (χ1) is 6.83. The topological polar surface area (TPSA) is 9.23 Å². The maximum atomic E-state index is 5.52. The molecule has 0 saturated carbocycles. The van der Waals surface area contributed by atoms with Gasteiger partial charge < -0.3 is 4.74 Å². The first kappa shape index (κ1) is 11.7. The van der Waals surface area contributed by atoms with Crippen molar-refractivity contribution in [1.29, 1.82) is 0 Å². The fourth-order valence-electron chi connectivity index (χ4n) is 1.10. The van der Waals surface area contributed by atoms with Crippen molar-refractivity contribution in [3.8, 4) is 0 Å². The SMILES string of the molecule is CC(/C=C/c1ccccc1)OCCI. The molecular formula is C12H15IO. The van der Waals surface area contributed by atoms with Crippen LogP contribution in [0.15, 0.2) is 36.4 Å². The van der Waals surface area contributed by atoms with Crippen LogP contribution < -0.4 is 0 Å². The van der Waals surface area contributed by atoms with Crippen molar-refractivity contribution in [3.05, 3.63) is 42.0 Å². The lowest BCUT2D eigenvalue weighted by atomic mass is 10.2. The first-order valence-corrected chi connectivity index (χ1v) is 6.26. The highest BCUT2D eigenvalue weighted by molar-refractivity contribution is 14.1. The van der Waals surface area contributed by atoms with Gasteiger partial charge >= 0.3 is 0 Å². The summed E-state index contributed by atoms with van der Waals surface area (Å²) in [5, 5.41) is 0. The number of benzene rings is 1. The average molecular weight is 302 g/mol. The van der Waals surface area contributed by atoms with Gasteiger partial charge in [0.2, 0.25) is 0 Å². The van der Waals surface area contributed by atoms with Gasteiger partial charge in [-0.15, -0.1) is 0 Å². The maximum Gasteiger partial charge on any atom is 0.0731 e.